The normalized spacial score (nSPS) is 13.4. The van der Waals surface area contributed by atoms with Crippen LogP contribution in [0.5, 0.6) is 17.2 Å². The number of benzene rings is 3. The summed E-state index contributed by atoms with van der Waals surface area (Å²) in [6.45, 7) is 13.4. The summed E-state index contributed by atoms with van der Waals surface area (Å²) >= 11 is 2.89. The minimum atomic E-state index is -1.54. The number of hydrogen-bond donors (Lipinski definition) is 5. The maximum atomic E-state index is 11.0. The molecule has 3 aromatic carbocycles. The molecule has 1 fully saturated rings. The summed E-state index contributed by atoms with van der Waals surface area (Å²) in [6, 6.07) is 13.5. The Morgan fingerprint density at radius 1 is 0.695 bits per heavy atom. The van der Waals surface area contributed by atoms with Crippen molar-refractivity contribution in [3.05, 3.63) is 104 Å². The van der Waals surface area contributed by atoms with Crippen LogP contribution < -0.4 is 9.47 Å². The molecule has 1 aliphatic rings. The molecule has 0 bridgehead atoms. The van der Waals surface area contributed by atoms with Gasteiger partial charge >= 0.3 is 21.4 Å². The number of hydrogen-bond acceptors (Lipinski definition) is 14. The fourth-order valence-electron chi connectivity index (χ4n) is 4.95. The number of nitriles is 2. The van der Waals surface area contributed by atoms with Crippen LogP contribution in [0.1, 0.15) is 92.1 Å². The van der Waals surface area contributed by atoms with Gasteiger partial charge in [0, 0.05) is 0 Å². The maximum Gasteiger partial charge on any atom is 0.487 e. The van der Waals surface area contributed by atoms with Crippen molar-refractivity contribution in [1.29, 1.82) is 10.5 Å². The number of nitrogens with zero attached hydrogens (tertiary/aromatic N) is 2. The second kappa shape index (κ2) is 25.2. The van der Waals surface area contributed by atoms with Gasteiger partial charge in [0.05, 0.1) is 46.4 Å². The van der Waals surface area contributed by atoms with E-state index in [-0.39, 0.29) is 36.2 Å². The van der Waals surface area contributed by atoms with E-state index in [9.17, 15) is 19.5 Å². The van der Waals surface area contributed by atoms with Crippen LogP contribution in [0.3, 0.4) is 0 Å². The zero-order valence-electron chi connectivity index (χ0n) is 34.2. The lowest BCUT2D eigenvalue weighted by Crippen LogP contribution is -2.41. The lowest BCUT2D eigenvalue weighted by Gasteiger charge is -2.32. The molecule has 0 unspecified atom stereocenters. The second-order valence-electron chi connectivity index (χ2n) is 13.6. The van der Waals surface area contributed by atoms with Crippen molar-refractivity contribution >= 4 is 74.4 Å². The number of phenols is 1. The highest BCUT2D eigenvalue weighted by molar-refractivity contribution is 9.09. The van der Waals surface area contributed by atoms with Gasteiger partial charge in [0.1, 0.15) is 23.3 Å². The summed E-state index contributed by atoms with van der Waals surface area (Å²) in [4.78, 5) is 32.4. The zero-order chi connectivity index (χ0) is 44.9. The van der Waals surface area contributed by atoms with Crippen LogP contribution in [0.15, 0.2) is 54.3 Å². The number of carbonyl (C=O) groups excluding carboxylic acids is 3. The molecule has 310 valence electrons. The molecule has 1 saturated heterocycles. The molecule has 0 saturated carbocycles. The van der Waals surface area contributed by atoms with Crippen molar-refractivity contribution in [3.63, 3.8) is 0 Å². The van der Waals surface area contributed by atoms with Crippen molar-refractivity contribution in [1.82, 2.24) is 0 Å². The highest BCUT2D eigenvalue weighted by Gasteiger charge is 2.50. The lowest BCUT2D eigenvalue weighted by molar-refractivity contribution is 0.00578. The summed E-state index contributed by atoms with van der Waals surface area (Å²) in [6.07, 6.45) is 6.93. The first-order valence-corrected chi connectivity index (χ1v) is 18.9. The molecule has 0 atom stereocenters. The van der Waals surface area contributed by atoms with Crippen LogP contribution in [0.25, 0.3) is 18.2 Å². The Bertz CT molecular complexity index is 2060. The topological polar surface area (TPSA) is 237 Å². The SMILES string of the molecule is COc1cc(/C=C/B2OC(C)(C)C(C)(C)O2)c(C)cc1C=O.Cc1cc(C=O)c(O)cc1/C=C/B(O)O.Cc1cc(C=O)c(OCC#N)cc1/C=C/B(O)O.N#CCBr. The molecule has 0 aromatic heterocycles. The van der Waals surface area contributed by atoms with Gasteiger partial charge in [0.15, 0.2) is 25.5 Å². The van der Waals surface area contributed by atoms with Gasteiger partial charge < -0.3 is 44.0 Å². The van der Waals surface area contributed by atoms with Gasteiger partial charge in [-0.05, 0) is 118 Å². The average Bonchev–Trinajstić information content (AvgIpc) is 3.41. The molecular formula is C41H48B3BrN2O12. The molecule has 0 radical (unpaired) electrons. The number of carbonyl (C=O) groups is 3. The average molecular weight is 873 g/mol. The van der Waals surface area contributed by atoms with Gasteiger partial charge in [-0.2, -0.15) is 10.5 Å². The first kappa shape index (κ1) is 51.7. The summed E-state index contributed by atoms with van der Waals surface area (Å²) in [7, 11) is -1.91. The Morgan fingerprint density at radius 3 is 1.51 bits per heavy atom. The van der Waals surface area contributed by atoms with E-state index in [1.807, 2.05) is 70.9 Å². The third-order valence-corrected chi connectivity index (χ3v) is 9.02. The van der Waals surface area contributed by atoms with Crippen LogP contribution in [0, 0.1) is 43.4 Å². The van der Waals surface area contributed by atoms with Gasteiger partial charge in [0.2, 0.25) is 0 Å². The Kier molecular flexibility index (Phi) is 22.1. The molecule has 1 aliphatic heterocycles. The van der Waals surface area contributed by atoms with Crippen molar-refractivity contribution in [2.45, 2.75) is 59.7 Å². The van der Waals surface area contributed by atoms with Gasteiger partial charge in [-0.15, -0.1) is 0 Å². The van der Waals surface area contributed by atoms with E-state index in [0.29, 0.717) is 51.7 Å². The number of halogens is 1. The van der Waals surface area contributed by atoms with Gasteiger partial charge in [-0.25, -0.2) is 0 Å². The fourth-order valence-corrected chi connectivity index (χ4v) is 4.95. The molecule has 0 aliphatic carbocycles. The number of aromatic hydroxyl groups is 1. The van der Waals surface area contributed by atoms with E-state index in [2.05, 4.69) is 15.9 Å². The molecular weight excluding hydrogens is 825 g/mol. The number of alkyl halides is 1. The number of rotatable bonds is 12. The quantitative estimate of drug-likeness (QED) is 0.0842. The molecule has 14 nitrogen and oxygen atoms in total. The third-order valence-electron chi connectivity index (χ3n) is 8.77. The van der Waals surface area contributed by atoms with Crippen molar-refractivity contribution in [2.75, 3.05) is 19.0 Å². The Labute approximate surface area is 354 Å². The molecule has 0 amide bonds. The molecule has 0 spiro atoms. The number of ether oxygens (including phenoxy) is 2. The van der Waals surface area contributed by atoms with Crippen molar-refractivity contribution in [2.24, 2.45) is 0 Å². The highest BCUT2D eigenvalue weighted by Crippen LogP contribution is 2.37. The Balaban J connectivity index is 0.000000430. The Hall–Kier alpha value is -5.30. The van der Waals surface area contributed by atoms with Crippen LogP contribution in [-0.4, -0.2) is 95.7 Å². The predicted molar refractivity (Wildman–Crippen MR) is 232 cm³/mol. The molecule has 18 heteroatoms. The van der Waals surface area contributed by atoms with Crippen LogP contribution >= 0.6 is 15.9 Å². The first-order valence-electron chi connectivity index (χ1n) is 17.8. The summed E-state index contributed by atoms with van der Waals surface area (Å²) < 4.78 is 22.2. The Morgan fingerprint density at radius 2 is 1.10 bits per heavy atom. The van der Waals surface area contributed by atoms with E-state index in [1.54, 1.807) is 33.1 Å². The monoisotopic (exact) mass is 872 g/mol. The largest absolute Gasteiger partial charge is 0.507 e. The van der Waals surface area contributed by atoms with E-state index in [4.69, 9.17) is 49.4 Å². The van der Waals surface area contributed by atoms with Crippen LogP contribution in [-0.2, 0) is 9.31 Å². The van der Waals surface area contributed by atoms with Gasteiger partial charge in [-0.1, -0.05) is 52.1 Å². The van der Waals surface area contributed by atoms with E-state index < -0.39 is 14.2 Å². The van der Waals surface area contributed by atoms with Crippen LogP contribution in [0.4, 0.5) is 0 Å². The number of aldehydes is 3. The van der Waals surface area contributed by atoms with Crippen molar-refractivity contribution in [3.8, 4) is 29.4 Å². The summed E-state index contributed by atoms with van der Waals surface area (Å²) in [5.74, 6) is 4.99. The number of phenolic OH excluding ortho intramolecular Hbond substituents is 1. The van der Waals surface area contributed by atoms with E-state index >= 15 is 0 Å². The highest BCUT2D eigenvalue weighted by atomic mass is 79.9. The zero-order valence-corrected chi connectivity index (χ0v) is 35.8. The van der Waals surface area contributed by atoms with Crippen molar-refractivity contribution < 1.29 is 58.4 Å². The van der Waals surface area contributed by atoms with Gasteiger partial charge in [0.25, 0.3) is 0 Å². The standard InChI is InChI=1S/C17H23BO4.C12H12BNO4.C10H11BO4.C2H2BrN/c1-12-9-14(11-19)15(20-6)10-13(12)7-8-18-21-16(2,3)17(4,5)22-18;1-9-6-11(8-15)12(18-5-4-14)7-10(9)2-3-13(16)17;1-7-4-9(6-12)10(13)5-8(7)2-3-11(14)15;3-1-2-4/h7-11H,1-6H3;2-3,6-8,16-17H,5H2,1H3;2-6,13-15H,1H3;1H2/b8-7+;2*3-2+;. The van der Waals surface area contributed by atoms with Crippen LogP contribution in [0.2, 0.25) is 0 Å². The minimum Gasteiger partial charge on any atom is -0.507 e. The maximum absolute atomic E-state index is 11.0. The smallest absolute Gasteiger partial charge is 0.487 e. The molecule has 59 heavy (non-hydrogen) atoms. The van der Waals surface area contributed by atoms with E-state index in [0.717, 1.165) is 28.5 Å². The van der Waals surface area contributed by atoms with E-state index in [1.165, 1.54) is 36.2 Å². The third kappa shape index (κ3) is 16.8. The lowest BCUT2D eigenvalue weighted by atomic mass is 9.88. The molecule has 4 rings (SSSR count). The second-order valence-corrected chi connectivity index (χ2v) is 14.1. The van der Waals surface area contributed by atoms with Gasteiger partial charge in [-0.3, -0.25) is 14.4 Å². The molecule has 3 aromatic rings. The molecule has 1 heterocycles. The minimum absolute atomic E-state index is 0.123. The summed E-state index contributed by atoms with van der Waals surface area (Å²) in [5.41, 5.74) is 5.25. The first-order chi connectivity index (χ1) is 27.7. The number of methoxy groups -OCH3 is 1. The number of aryl methyl sites for hydroxylation is 3. The molecule has 5 N–H and O–H groups in total. The summed E-state index contributed by atoms with van der Waals surface area (Å²) in [5, 5.41) is 60.6. The fraction of sp³-hybridized carbons (Fsp3) is 0.293. The predicted octanol–water partition coefficient (Wildman–Crippen LogP) is 5.64.